The third kappa shape index (κ3) is 6.68. The van der Waals surface area contributed by atoms with E-state index in [9.17, 15) is 24.3 Å². The van der Waals surface area contributed by atoms with E-state index in [4.69, 9.17) is 0 Å². The van der Waals surface area contributed by atoms with Crippen LogP contribution in [0.3, 0.4) is 0 Å². The van der Waals surface area contributed by atoms with E-state index in [2.05, 4.69) is 16.0 Å². The van der Waals surface area contributed by atoms with E-state index >= 15 is 8.78 Å². The van der Waals surface area contributed by atoms with Crippen LogP contribution < -0.4 is 21.5 Å². The highest BCUT2D eigenvalue weighted by Crippen LogP contribution is 2.41. The minimum Gasteiger partial charge on any atom is -0.363 e. The van der Waals surface area contributed by atoms with Crippen LogP contribution in [0.2, 0.25) is 0 Å². The Hall–Kier alpha value is -4.38. The second-order valence-corrected chi connectivity index (χ2v) is 10.0. The van der Waals surface area contributed by atoms with Crippen molar-refractivity contribution in [1.29, 1.82) is 0 Å². The van der Waals surface area contributed by atoms with E-state index < -0.39 is 52.6 Å². The number of rotatable bonds is 11. The van der Waals surface area contributed by atoms with Gasteiger partial charge in [-0.25, -0.2) is 0 Å². The van der Waals surface area contributed by atoms with Crippen LogP contribution in [-0.4, -0.2) is 45.9 Å². The number of amides is 3. The highest BCUT2D eigenvalue weighted by molar-refractivity contribution is 5.89. The monoisotopic (exact) mass is 568 g/mol. The van der Waals surface area contributed by atoms with E-state index in [-0.39, 0.29) is 24.2 Å². The van der Waals surface area contributed by atoms with Crippen molar-refractivity contribution in [3.8, 4) is 11.3 Å². The van der Waals surface area contributed by atoms with Gasteiger partial charge in [-0.05, 0) is 35.6 Å². The fourth-order valence-electron chi connectivity index (χ4n) is 4.66. The lowest BCUT2D eigenvalue weighted by Crippen LogP contribution is -2.70. The molecular formula is C30H34F2N4O5. The zero-order chi connectivity index (χ0) is 30.4. The molecule has 0 saturated heterocycles. The number of halogens is 2. The summed E-state index contributed by atoms with van der Waals surface area (Å²) in [6.45, 7) is 4.93. The summed E-state index contributed by atoms with van der Waals surface area (Å²) in [6, 6.07) is 17.5. The first kappa shape index (κ1) is 31.2. The van der Waals surface area contributed by atoms with Gasteiger partial charge in [0.1, 0.15) is 5.69 Å². The molecule has 0 radical (unpaired) electrons. The third-order valence-corrected chi connectivity index (χ3v) is 6.55. The van der Waals surface area contributed by atoms with Crippen LogP contribution in [-0.2, 0) is 26.5 Å². The molecule has 2 unspecified atom stereocenters. The lowest BCUT2D eigenvalue weighted by molar-refractivity contribution is -0.243. The number of alkyl halides is 2. The van der Waals surface area contributed by atoms with Crippen LogP contribution in [0.15, 0.2) is 77.6 Å². The number of benzene rings is 2. The van der Waals surface area contributed by atoms with Gasteiger partial charge in [0, 0.05) is 20.4 Å². The Balaban J connectivity index is 2.27. The highest BCUT2D eigenvalue weighted by atomic mass is 19.3. The zero-order valence-electron chi connectivity index (χ0n) is 23.3. The third-order valence-electron chi connectivity index (χ3n) is 6.55. The van der Waals surface area contributed by atoms with Gasteiger partial charge in [0.05, 0.1) is 11.7 Å². The molecule has 0 fully saturated rings. The first-order valence-corrected chi connectivity index (χ1v) is 13.1. The topological polar surface area (TPSA) is 130 Å². The fourth-order valence-corrected chi connectivity index (χ4v) is 4.66. The van der Waals surface area contributed by atoms with Crippen molar-refractivity contribution in [3.05, 3.63) is 88.7 Å². The van der Waals surface area contributed by atoms with Crippen LogP contribution in [0.25, 0.3) is 11.3 Å². The van der Waals surface area contributed by atoms with Gasteiger partial charge in [-0.3, -0.25) is 23.7 Å². The Morgan fingerprint density at radius 2 is 1.49 bits per heavy atom. The zero-order valence-corrected chi connectivity index (χ0v) is 23.3. The molecule has 0 aliphatic rings. The number of aromatic nitrogens is 1. The number of nitrogens with one attached hydrogen (secondary N) is 3. The summed E-state index contributed by atoms with van der Waals surface area (Å²) in [7, 11) is 0. The van der Waals surface area contributed by atoms with E-state index in [1.54, 1.807) is 48.5 Å². The van der Waals surface area contributed by atoms with Crippen molar-refractivity contribution >= 4 is 23.4 Å². The molecule has 0 bridgehead atoms. The smallest absolute Gasteiger partial charge is 0.363 e. The van der Waals surface area contributed by atoms with Crippen LogP contribution in [0.1, 0.15) is 33.3 Å². The Morgan fingerprint density at radius 1 is 0.902 bits per heavy atom. The van der Waals surface area contributed by atoms with E-state index in [0.29, 0.717) is 4.57 Å². The van der Waals surface area contributed by atoms with E-state index in [1.165, 1.54) is 38.1 Å². The molecule has 4 N–H and O–H groups in total. The number of hydrogen-bond acceptors (Lipinski definition) is 5. The van der Waals surface area contributed by atoms with E-state index in [0.717, 1.165) is 19.4 Å². The molecular weight excluding hydrogens is 534 g/mol. The Labute approximate surface area is 236 Å². The number of hydrogen-bond donors (Lipinski definition) is 4. The van der Waals surface area contributed by atoms with Gasteiger partial charge in [-0.2, -0.15) is 8.78 Å². The SMILES string of the molecule is CC(=O)Nc1ccc(-c2ccccc2)n(C(O)(C(NC(C)=O)C(C)C)C(F)(F)C(=O)NCCc2ccccc2)c1=O. The molecule has 0 saturated carbocycles. The average Bonchev–Trinajstić information content (AvgIpc) is 2.92. The van der Waals surface area contributed by atoms with Crippen molar-refractivity contribution in [1.82, 2.24) is 15.2 Å². The molecule has 9 nitrogen and oxygen atoms in total. The van der Waals surface area contributed by atoms with Gasteiger partial charge in [0.25, 0.3) is 11.5 Å². The summed E-state index contributed by atoms with van der Waals surface area (Å²) in [5.41, 5.74) is -4.34. The predicted molar refractivity (Wildman–Crippen MR) is 151 cm³/mol. The predicted octanol–water partition coefficient (Wildman–Crippen LogP) is 3.27. The van der Waals surface area contributed by atoms with E-state index in [1.807, 2.05) is 0 Å². The Bertz CT molecular complexity index is 1440. The number of aliphatic hydroxyl groups is 1. The van der Waals surface area contributed by atoms with Gasteiger partial charge in [-0.1, -0.05) is 74.5 Å². The highest BCUT2D eigenvalue weighted by Gasteiger charge is 2.65. The Kier molecular flexibility index (Phi) is 9.77. The summed E-state index contributed by atoms with van der Waals surface area (Å²) in [6.07, 6.45) is 0.230. The molecule has 11 heteroatoms. The quantitative estimate of drug-likeness (QED) is 0.282. The normalized spacial score (nSPS) is 13.7. The Morgan fingerprint density at radius 3 is 2.02 bits per heavy atom. The van der Waals surface area contributed by atoms with Crippen molar-refractivity contribution < 1.29 is 28.3 Å². The minimum atomic E-state index is -4.66. The van der Waals surface area contributed by atoms with Gasteiger partial charge in [-0.15, -0.1) is 0 Å². The molecule has 3 aromatic rings. The molecule has 3 rings (SSSR count). The van der Waals surface area contributed by atoms with Gasteiger partial charge >= 0.3 is 5.92 Å². The first-order valence-electron chi connectivity index (χ1n) is 13.1. The number of carbonyl (C=O) groups is 3. The van der Waals surface area contributed by atoms with Crippen molar-refractivity contribution in [2.75, 3.05) is 11.9 Å². The molecule has 0 aliphatic carbocycles. The van der Waals surface area contributed by atoms with Crippen LogP contribution in [0.4, 0.5) is 14.5 Å². The first-order chi connectivity index (χ1) is 19.3. The second-order valence-electron chi connectivity index (χ2n) is 10.0. The summed E-state index contributed by atoms with van der Waals surface area (Å²) in [5.74, 6) is -8.83. The van der Waals surface area contributed by atoms with Crippen LogP contribution in [0, 0.1) is 5.92 Å². The summed E-state index contributed by atoms with van der Waals surface area (Å²) >= 11 is 0. The number of pyridine rings is 1. The van der Waals surface area contributed by atoms with Crippen LogP contribution in [0.5, 0.6) is 0 Å². The van der Waals surface area contributed by atoms with Crippen LogP contribution >= 0.6 is 0 Å². The minimum absolute atomic E-state index is 0.167. The molecule has 1 aromatic heterocycles. The molecule has 3 amide bonds. The molecule has 2 atom stereocenters. The van der Waals surface area contributed by atoms with Gasteiger partial charge in [0.15, 0.2) is 0 Å². The van der Waals surface area contributed by atoms with Crippen molar-refractivity contribution in [2.24, 2.45) is 5.92 Å². The van der Waals surface area contributed by atoms with Crippen molar-refractivity contribution in [3.63, 3.8) is 0 Å². The van der Waals surface area contributed by atoms with Crippen molar-refractivity contribution in [2.45, 2.75) is 51.8 Å². The number of carbonyl (C=O) groups excluding carboxylic acids is 3. The molecule has 0 spiro atoms. The van der Waals surface area contributed by atoms with Gasteiger partial charge in [0.2, 0.25) is 17.5 Å². The summed E-state index contributed by atoms with van der Waals surface area (Å²) < 4.78 is 33.5. The lowest BCUT2D eigenvalue weighted by atomic mass is 9.86. The number of nitrogens with zero attached hydrogens (tertiary/aromatic N) is 1. The molecule has 0 aliphatic heterocycles. The molecule has 2 aromatic carbocycles. The number of anilines is 1. The largest absolute Gasteiger partial charge is 0.373 e. The standard InChI is InChI=1S/C30H34F2N4O5/c1-19(2)26(35-21(4)38)30(41,29(31,32)28(40)33-18-17-22-11-7-5-8-12-22)36-25(23-13-9-6-10-14-23)16-15-24(27(36)39)34-20(3)37/h5-16,19,26,41H,17-18H2,1-4H3,(H,33,40)(H,34,37)(H,35,38). The molecule has 41 heavy (non-hydrogen) atoms. The average molecular weight is 569 g/mol. The fraction of sp³-hybridized carbons (Fsp3) is 0.333. The molecule has 218 valence electrons. The second kappa shape index (κ2) is 12.9. The maximum Gasteiger partial charge on any atom is 0.373 e. The summed E-state index contributed by atoms with van der Waals surface area (Å²) in [5, 5.41) is 19.0. The lowest BCUT2D eigenvalue weighted by Gasteiger charge is -2.44. The maximum atomic E-state index is 16.5. The molecule has 1 heterocycles. The maximum absolute atomic E-state index is 16.5. The summed E-state index contributed by atoms with van der Waals surface area (Å²) in [4.78, 5) is 51.0. The van der Waals surface area contributed by atoms with Gasteiger partial charge < -0.3 is 21.1 Å².